The van der Waals surface area contributed by atoms with Crippen LogP contribution in [0.5, 0.6) is 0 Å². The van der Waals surface area contributed by atoms with E-state index in [2.05, 4.69) is 36.5 Å². The topological polar surface area (TPSA) is 41.1 Å². The number of halogens is 3. The Hall–Kier alpha value is -2.34. The highest BCUT2D eigenvalue weighted by atomic mass is 19.4. The summed E-state index contributed by atoms with van der Waals surface area (Å²) in [5.74, 6) is -1.94. The van der Waals surface area contributed by atoms with E-state index in [1.54, 1.807) is 12.1 Å². The zero-order valence-electron chi connectivity index (χ0n) is 16.6. The molecule has 1 amide bonds. The van der Waals surface area contributed by atoms with E-state index in [4.69, 9.17) is 0 Å². The third kappa shape index (κ3) is 6.07. The van der Waals surface area contributed by atoms with Crippen LogP contribution in [-0.4, -0.2) is 24.2 Å². The number of fused-ring (bicyclic) bond motifs is 1. The van der Waals surface area contributed by atoms with E-state index in [-0.39, 0.29) is 11.7 Å². The molecule has 1 aliphatic carbocycles. The van der Waals surface area contributed by atoms with Crippen molar-refractivity contribution in [3.05, 3.63) is 65.2 Å². The first-order chi connectivity index (χ1) is 13.8. The molecule has 0 bridgehead atoms. The van der Waals surface area contributed by atoms with Crippen molar-refractivity contribution < 1.29 is 18.0 Å². The molecule has 0 fully saturated rings. The molecule has 0 saturated carbocycles. The number of nitrogens with one attached hydrogen (secondary N) is 2. The van der Waals surface area contributed by atoms with Crippen molar-refractivity contribution in [3.8, 4) is 0 Å². The minimum atomic E-state index is -4.88. The van der Waals surface area contributed by atoms with Gasteiger partial charge in [-0.1, -0.05) is 43.3 Å². The number of hydrogen-bond acceptors (Lipinski definition) is 2. The molecule has 3 rings (SSSR count). The maximum absolute atomic E-state index is 12.5. The summed E-state index contributed by atoms with van der Waals surface area (Å²) in [6, 6.07) is 16.1. The number of carbonyl (C=O) groups is 1. The first-order valence-corrected chi connectivity index (χ1v) is 10.1. The van der Waals surface area contributed by atoms with Gasteiger partial charge in [-0.25, -0.2) is 0 Å². The quantitative estimate of drug-likeness (QED) is 0.678. The highest BCUT2D eigenvalue weighted by molar-refractivity contribution is 5.95. The lowest BCUT2D eigenvalue weighted by Gasteiger charge is -2.30. The van der Waals surface area contributed by atoms with Crippen molar-refractivity contribution in [3.63, 3.8) is 0 Å². The molecule has 0 aromatic heterocycles. The fraction of sp³-hybridized carbons (Fsp3) is 0.435. The number of benzene rings is 2. The van der Waals surface area contributed by atoms with Crippen LogP contribution in [0.2, 0.25) is 0 Å². The summed E-state index contributed by atoms with van der Waals surface area (Å²) in [6.07, 6.45) is 0.853. The van der Waals surface area contributed by atoms with Crippen molar-refractivity contribution in [1.82, 2.24) is 5.32 Å². The summed E-state index contributed by atoms with van der Waals surface area (Å²) in [5, 5.41) is 5.69. The smallest absolute Gasteiger partial charge is 0.318 e. The highest BCUT2D eigenvalue weighted by Crippen LogP contribution is 2.26. The molecule has 0 aliphatic heterocycles. The maximum atomic E-state index is 12.5. The van der Waals surface area contributed by atoms with Gasteiger partial charge in [-0.2, -0.15) is 13.2 Å². The minimum Gasteiger partial charge on any atom is -0.318 e. The summed E-state index contributed by atoms with van der Waals surface area (Å²) in [6.45, 7) is 2.17. The van der Waals surface area contributed by atoms with Crippen LogP contribution in [-0.2, 0) is 24.1 Å². The Morgan fingerprint density at radius 2 is 1.90 bits per heavy atom. The van der Waals surface area contributed by atoms with Crippen molar-refractivity contribution in [2.24, 2.45) is 0 Å². The van der Waals surface area contributed by atoms with E-state index in [0.29, 0.717) is 6.04 Å². The van der Waals surface area contributed by atoms with Gasteiger partial charge in [0, 0.05) is 17.8 Å². The van der Waals surface area contributed by atoms with Gasteiger partial charge in [-0.15, -0.1) is 0 Å². The summed E-state index contributed by atoms with van der Waals surface area (Å²) in [5.41, 5.74) is 3.67. The van der Waals surface area contributed by atoms with Gasteiger partial charge in [-0.05, 0) is 67.3 Å². The van der Waals surface area contributed by atoms with Gasteiger partial charge in [0.15, 0.2) is 0 Å². The van der Waals surface area contributed by atoms with Crippen LogP contribution in [0, 0.1) is 0 Å². The molecular formula is C23H27F3N2O. The number of hydrogen-bond donors (Lipinski definition) is 2. The zero-order valence-corrected chi connectivity index (χ0v) is 16.6. The normalized spacial score (nSPS) is 17.4. The molecule has 156 valence electrons. The summed E-state index contributed by atoms with van der Waals surface area (Å²) >= 11 is 0. The average molecular weight is 404 g/mol. The van der Waals surface area contributed by atoms with Crippen molar-refractivity contribution in [1.29, 1.82) is 0 Å². The number of rotatable bonds is 7. The summed E-state index contributed by atoms with van der Waals surface area (Å²) < 4.78 is 37.5. The Bertz CT molecular complexity index is 821. The van der Waals surface area contributed by atoms with Gasteiger partial charge in [0.2, 0.25) is 0 Å². The van der Waals surface area contributed by atoms with Gasteiger partial charge in [0.25, 0.3) is 0 Å². The maximum Gasteiger partial charge on any atom is 0.471 e. The second kappa shape index (κ2) is 9.44. The zero-order chi connectivity index (χ0) is 20.9. The molecule has 0 saturated heterocycles. The van der Waals surface area contributed by atoms with Crippen LogP contribution in [0.1, 0.15) is 42.9 Å². The van der Waals surface area contributed by atoms with Gasteiger partial charge < -0.3 is 10.6 Å². The van der Waals surface area contributed by atoms with E-state index in [9.17, 15) is 18.0 Å². The monoisotopic (exact) mass is 404 g/mol. The molecule has 0 radical (unpaired) electrons. The predicted molar refractivity (Wildman–Crippen MR) is 109 cm³/mol. The highest BCUT2D eigenvalue weighted by Gasteiger charge is 2.38. The number of amides is 1. The molecule has 1 aliphatic rings. The Kier molecular flexibility index (Phi) is 6.96. The third-order valence-corrected chi connectivity index (χ3v) is 5.54. The Morgan fingerprint density at radius 3 is 2.59 bits per heavy atom. The second-order valence-corrected chi connectivity index (χ2v) is 7.67. The largest absolute Gasteiger partial charge is 0.471 e. The molecule has 3 nitrogen and oxygen atoms in total. The number of alkyl halides is 3. The number of carbonyl (C=O) groups excluding carboxylic acids is 1. The molecular weight excluding hydrogens is 377 g/mol. The molecule has 2 unspecified atom stereocenters. The van der Waals surface area contributed by atoms with Gasteiger partial charge in [-0.3, -0.25) is 4.79 Å². The Balaban J connectivity index is 1.58. The molecule has 0 spiro atoms. The fourth-order valence-electron chi connectivity index (χ4n) is 3.90. The van der Waals surface area contributed by atoms with Crippen LogP contribution in [0.3, 0.4) is 0 Å². The third-order valence-electron chi connectivity index (χ3n) is 5.54. The predicted octanol–water partition coefficient (Wildman–Crippen LogP) is 5.05. The standard InChI is InChI=1S/C23H27F3N2O/c1-2-19(11-8-16-6-4-3-5-7-16)27-20-12-9-17-10-13-21(15-18(17)14-20)28-22(29)23(24,25)26/h3-7,10,13,15,19-20,27H,2,8-9,11-12,14H2,1H3,(H,28,29). The molecule has 2 aromatic rings. The average Bonchev–Trinajstić information content (AvgIpc) is 2.71. The molecule has 6 heteroatoms. The van der Waals surface area contributed by atoms with Gasteiger partial charge >= 0.3 is 12.1 Å². The molecule has 2 aromatic carbocycles. The summed E-state index contributed by atoms with van der Waals surface area (Å²) in [7, 11) is 0. The first kappa shape index (κ1) is 21.4. The molecule has 2 atom stereocenters. The van der Waals surface area contributed by atoms with E-state index in [1.807, 2.05) is 17.4 Å². The molecule has 29 heavy (non-hydrogen) atoms. The molecule has 0 heterocycles. The van der Waals surface area contributed by atoms with Gasteiger partial charge in [0.1, 0.15) is 0 Å². The van der Waals surface area contributed by atoms with Gasteiger partial charge in [0.05, 0.1) is 0 Å². The fourth-order valence-corrected chi connectivity index (χ4v) is 3.90. The summed E-state index contributed by atoms with van der Waals surface area (Å²) in [4.78, 5) is 11.2. The van der Waals surface area contributed by atoms with Crippen LogP contribution in [0.25, 0.3) is 0 Å². The number of aryl methyl sites for hydroxylation is 2. The first-order valence-electron chi connectivity index (χ1n) is 10.1. The van der Waals surface area contributed by atoms with Crippen LogP contribution < -0.4 is 10.6 Å². The van der Waals surface area contributed by atoms with Crippen LogP contribution >= 0.6 is 0 Å². The van der Waals surface area contributed by atoms with Crippen LogP contribution in [0.15, 0.2) is 48.5 Å². The van der Waals surface area contributed by atoms with Crippen LogP contribution in [0.4, 0.5) is 18.9 Å². The Labute approximate surface area is 169 Å². The minimum absolute atomic E-state index is 0.197. The van der Waals surface area contributed by atoms with Crippen molar-refractivity contribution in [2.45, 2.75) is 63.7 Å². The molecule has 2 N–H and O–H groups in total. The SMILES string of the molecule is CCC(CCc1ccccc1)NC1CCc2ccc(NC(=O)C(F)(F)F)cc2C1. The van der Waals surface area contributed by atoms with E-state index < -0.39 is 12.1 Å². The van der Waals surface area contributed by atoms with E-state index in [0.717, 1.165) is 49.7 Å². The van der Waals surface area contributed by atoms with Crippen molar-refractivity contribution in [2.75, 3.05) is 5.32 Å². The lowest BCUT2D eigenvalue weighted by Crippen LogP contribution is -2.41. The lowest BCUT2D eigenvalue weighted by molar-refractivity contribution is -0.167. The Morgan fingerprint density at radius 1 is 1.14 bits per heavy atom. The second-order valence-electron chi connectivity index (χ2n) is 7.67. The van der Waals surface area contributed by atoms with Crippen molar-refractivity contribution >= 4 is 11.6 Å². The lowest BCUT2D eigenvalue weighted by atomic mass is 9.87. The van der Waals surface area contributed by atoms with E-state index >= 15 is 0 Å². The number of anilines is 1. The van der Waals surface area contributed by atoms with E-state index in [1.165, 1.54) is 5.56 Å².